The molecule has 0 radical (unpaired) electrons. The molecule has 0 spiro atoms. The predicted molar refractivity (Wildman–Crippen MR) is 115 cm³/mol. The van der Waals surface area contributed by atoms with E-state index < -0.39 is 0 Å². The monoisotopic (exact) mass is 385 g/mol. The fourth-order valence-electron chi connectivity index (χ4n) is 3.38. The van der Waals surface area contributed by atoms with Crippen LogP contribution in [-0.2, 0) is 6.54 Å². The van der Waals surface area contributed by atoms with E-state index in [9.17, 15) is 0 Å². The number of benzene rings is 1. The molecule has 1 aromatic heterocycles. The Hall–Kier alpha value is -1.92. The first-order valence-electron chi connectivity index (χ1n) is 9.85. The molecule has 0 bridgehead atoms. The number of aliphatic imine (C=N–C) groups is 1. The topological polar surface area (TPSA) is 52.6 Å². The average Bonchev–Trinajstić information content (AvgIpc) is 3.28. The normalized spacial score (nSPS) is 21.0. The van der Waals surface area contributed by atoms with Crippen LogP contribution in [0.3, 0.4) is 0 Å². The zero-order chi connectivity index (χ0) is 19.2. The van der Waals surface area contributed by atoms with E-state index in [4.69, 9.17) is 9.98 Å². The number of likely N-dealkylation sites (tertiary alicyclic amines) is 1. The van der Waals surface area contributed by atoms with Crippen LogP contribution < -0.4 is 10.6 Å². The lowest BCUT2D eigenvalue weighted by molar-refractivity contribution is 0.265. The Kier molecular flexibility index (Phi) is 6.85. The Balaban J connectivity index is 1.63. The molecule has 0 amide bonds. The summed E-state index contributed by atoms with van der Waals surface area (Å²) in [5, 5.41) is 10.2. The van der Waals surface area contributed by atoms with Gasteiger partial charge in [0.05, 0.1) is 12.2 Å². The molecule has 2 atom stereocenters. The van der Waals surface area contributed by atoms with Gasteiger partial charge in [0.25, 0.3) is 0 Å². The fraction of sp³-hybridized carbons (Fsp3) is 0.524. The largest absolute Gasteiger partial charge is 0.357 e. The number of nitrogens with zero attached hydrogens (tertiary/aromatic N) is 3. The summed E-state index contributed by atoms with van der Waals surface area (Å²) in [6.45, 7) is 12.6. The van der Waals surface area contributed by atoms with Gasteiger partial charge < -0.3 is 10.6 Å². The number of thiazole rings is 1. The molecule has 0 saturated carbocycles. The molecule has 2 N–H and O–H groups in total. The lowest BCUT2D eigenvalue weighted by atomic mass is 10.1. The minimum atomic E-state index is 0.432. The van der Waals surface area contributed by atoms with Crippen LogP contribution in [0, 0.1) is 5.92 Å². The van der Waals surface area contributed by atoms with E-state index in [1.165, 1.54) is 0 Å². The van der Waals surface area contributed by atoms with E-state index in [0.29, 0.717) is 24.5 Å². The zero-order valence-electron chi connectivity index (χ0n) is 16.8. The van der Waals surface area contributed by atoms with Gasteiger partial charge in [0.15, 0.2) is 5.96 Å². The fourth-order valence-corrected chi connectivity index (χ4v) is 4.11. The van der Waals surface area contributed by atoms with E-state index >= 15 is 0 Å². The second kappa shape index (κ2) is 9.33. The van der Waals surface area contributed by atoms with Gasteiger partial charge in [-0.05, 0) is 26.7 Å². The molecule has 2 aromatic rings. The molecule has 2 heterocycles. The summed E-state index contributed by atoms with van der Waals surface area (Å²) in [7, 11) is 0. The van der Waals surface area contributed by atoms with Crippen LogP contribution in [0.2, 0.25) is 0 Å². The summed E-state index contributed by atoms with van der Waals surface area (Å²) in [6, 6.07) is 11.3. The molecule has 6 heteroatoms. The number of hydrogen-bond donors (Lipinski definition) is 2. The summed E-state index contributed by atoms with van der Waals surface area (Å²) in [4.78, 5) is 12.1. The number of rotatable bonds is 6. The Bertz CT molecular complexity index is 740. The molecule has 0 aliphatic carbocycles. The molecule has 1 saturated heterocycles. The quantitative estimate of drug-likeness (QED) is 0.589. The third-order valence-electron chi connectivity index (χ3n) is 5.03. The van der Waals surface area contributed by atoms with Gasteiger partial charge in [0, 0.05) is 42.7 Å². The van der Waals surface area contributed by atoms with Crippen LogP contribution in [0.25, 0.3) is 11.3 Å². The minimum Gasteiger partial charge on any atom is -0.357 e. The van der Waals surface area contributed by atoms with Crippen LogP contribution in [-0.4, -0.2) is 47.6 Å². The smallest absolute Gasteiger partial charge is 0.191 e. The van der Waals surface area contributed by atoms with Crippen molar-refractivity contribution >= 4 is 17.3 Å². The maximum atomic E-state index is 4.78. The first kappa shape index (κ1) is 19.8. The molecule has 1 aliphatic heterocycles. The van der Waals surface area contributed by atoms with Gasteiger partial charge in [0.2, 0.25) is 0 Å². The van der Waals surface area contributed by atoms with Crippen molar-refractivity contribution in [3.63, 3.8) is 0 Å². The molecular formula is C21H31N5S. The third-order valence-corrected chi connectivity index (χ3v) is 5.86. The lowest BCUT2D eigenvalue weighted by Crippen LogP contribution is -2.46. The number of aromatic nitrogens is 1. The molecule has 1 fully saturated rings. The Morgan fingerprint density at radius 2 is 2.07 bits per heavy atom. The summed E-state index contributed by atoms with van der Waals surface area (Å²) in [5.41, 5.74) is 2.18. The van der Waals surface area contributed by atoms with Crippen molar-refractivity contribution in [1.82, 2.24) is 20.5 Å². The first-order chi connectivity index (χ1) is 13.1. The SMILES string of the molecule is CCNC(=NCc1nc(-c2ccccc2)cs1)NC1CN(C(C)C)CC1C. The van der Waals surface area contributed by atoms with Gasteiger partial charge in [-0.15, -0.1) is 11.3 Å². The van der Waals surface area contributed by atoms with Crippen LogP contribution >= 0.6 is 11.3 Å². The van der Waals surface area contributed by atoms with Crippen LogP contribution in [0.1, 0.15) is 32.7 Å². The second-order valence-electron chi connectivity index (χ2n) is 7.46. The average molecular weight is 386 g/mol. The molecule has 3 rings (SSSR count). The van der Waals surface area contributed by atoms with Crippen molar-refractivity contribution in [1.29, 1.82) is 0 Å². The third kappa shape index (κ3) is 5.30. The van der Waals surface area contributed by atoms with E-state index in [2.05, 4.69) is 60.7 Å². The Morgan fingerprint density at radius 1 is 1.30 bits per heavy atom. The van der Waals surface area contributed by atoms with Crippen LogP contribution in [0.5, 0.6) is 0 Å². The Morgan fingerprint density at radius 3 is 2.74 bits per heavy atom. The highest BCUT2D eigenvalue weighted by Crippen LogP contribution is 2.22. The maximum absolute atomic E-state index is 4.78. The maximum Gasteiger partial charge on any atom is 0.191 e. The second-order valence-corrected chi connectivity index (χ2v) is 8.41. The van der Waals surface area contributed by atoms with E-state index in [0.717, 1.165) is 41.9 Å². The van der Waals surface area contributed by atoms with E-state index in [1.807, 2.05) is 18.2 Å². The molecular weight excluding hydrogens is 354 g/mol. The number of nitrogens with one attached hydrogen (secondary N) is 2. The predicted octanol–water partition coefficient (Wildman–Crippen LogP) is 3.59. The van der Waals surface area contributed by atoms with Crippen LogP contribution in [0.4, 0.5) is 0 Å². The van der Waals surface area contributed by atoms with Gasteiger partial charge in [0.1, 0.15) is 5.01 Å². The van der Waals surface area contributed by atoms with E-state index in [1.54, 1.807) is 11.3 Å². The highest BCUT2D eigenvalue weighted by Gasteiger charge is 2.31. The van der Waals surface area contributed by atoms with E-state index in [-0.39, 0.29) is 0 Å². The summed E-state index contributed by atoms with van der Waals surface area (Å²) in [6.07, 6.45) is 0. The minimum absolute atomic E-state index is 0.432. The van der Waals surface area contributed by atoms with Crippen molar-refractivity contribution in [3.8, 4) is 11.3 Å². The number of hydrogen-bond acceptors (Lipinski definition) is 4. The highest BCUT2D eigenvalue weighted by atomic mass is 32.1. The summed E-state index contributed by atoms with van der Waals surface area (Å²) in [5.74, 6) is 1.50. The van der Waals surface area contributed by atoms with Crippen LogP contribution in [0.15, 0.2) is 40.7 Å². The first-order valence-corrected chi connectivity index (χ1v) is 10.7. The highest BCUT2D eigenvalue weighted by molar-refractivity contribution is 7.09. The molecule has 1 aromatic carbocycles. The zero-order valence-corrected chi connectivity index (χ0v) is 17.6. The van der Waals surface area contributed by atoms with Gasteiger partial charge in [-0.3, -0.25) is 4.90 Å². The molecule has 27 heavy (non-hydrogen) atoms. The standard InChI is InChI=1S/C21H31N5S/c1-5-22-21(25-18-13-26(15(2)3)12-16(18)4)23-11-20-24-19(14-27-20)17-9-7-6-8-10-17/h6-10,14-16,18H,5,11-13H2,1-4H3,(H2,22,23,25). The van der Waals surface area contributed by atoms with Crippen molar-refractivity contribution in [3.05, 3.63) is 40.7 Å². The van der Waals surface area contributed by atoms with Crippen molar-refractivity contribution in [2.24, 2.45) is 10.9 Å². The van der Waals surface area contributed by atoms with Gasteiger partial charge in [-0.2, -0.15) is 0 Å². The molecule has 5 nitrogen and oxygen atoms in total. The molecule has 2 unspecified atom stereocenters. The van der Waals surface area contributed by atoms with Crippen molar-refractivity contribution < 1.29 is 0 Å². The molecule has 1 aliphatic rings. The lowest BCUT2D eigenvalue weighted by Gasteiger charge is -2.21. The van der Waals surface area contributed by atoms with Gasteiger partial charge in [-0.25, -0.2) is 9.98 Å². The van der Waals surface area contributed by atoms with Gasteiger partial charge >= 0.3 is 0 Å². The van der Waals surface area contributed by atoms with Crippen molar-refractivity contribution in [2.45, 2.75) is 46.3 Å². The van der Waals surface area contributed by atoms with Crippen molar-refractivity contribution in [2.75, 3.05) is 19.6 Å². The molecule has 146 valence electrons. The summed E-state index contributed by atoms with van der Waals surface area (Å²) < 4.78 is 0. The van der Waals surface area contributed by atoms with Gasteiger partial charge in [-0.1, -0.05) is 37.3 Å². The Labute approximate surface area is 166 Å². The summed E-state index contributed by atoms with van der Waals surface area (Å²) >= 11 is 1.67. The number of guanidine groups is 1.